The summed E-state index contributed by atoms with van der Waals surface area (Å²) in [6.07, 6.45) is 3.31. The Kier molecular flexibility index (Phi) is 3.71. The molecule has 1 aliphatic carbocycles. The van der Waals surface area contributed by atoms with Crippen LogP contribution in [0.5, 0.6) is 0 Å². The zero-order valence-corrected chi connectivity index (χ0v) is 14.8. The third-order valence-electron chi connectivity index (χ3n) is 5.83. The number of hydrogen-bond donors (Lipinski definition) is 2. The van der Waals surface area contributed by atoms with Crippen LogP contribution in [-0.4, -0.2) is 23.5 Å². The number of carbonyl (C=O) groups is 1. The standard InChI is InChI=1S/C19H19ClN4O/c1-19(2)12-9-23-17(16(12)19)18(25)24-14(6-21)11-8-22-7-10-4-3-5-13(20)15(10)11/h3-5,7-8,12,14,16-17,23H,9H2,1-2H3,(H,24,25)/t12-,14?,16-,17-/m0/s1. The Bertz CT molecular complexity index is 899. The molecule has 1 aromatic heterocycles. The first-order valence-corrected chi connectivity index (χ1v) is 8.78. The van der Waals surface area contributed by atoms with Gasteiger partial charge in [0, 0.05) is 33.8 Å². The summed E-state index contributed by atoms with van der Waals surface area (Å²) >= 11 is 6.33. The van der Waals surface area contributed by atoms with Crippen molar-refractivity contribution in [2.75, 3.05) is 6.54 Å². The van der Waals surface area contributed by atoms with Gasteiger partial charge in [0.2, 0.25) is 5.91 Å². The van der Waals surface area contributed by atoms with Gasteiger partial charge < -0.3 is 10.6 Å². The molecule has 0 bridgehead atoms. The maximum Gasteiger partial charge on any atom is 0.238 e. The summed E-state index contributed by atoms with van der Waals surface area (Å²) in [4.78, 5) is 17.0. The maximum absolute atomic E-state index is 12.8. The molecule has 1 saturated carbocycles. The minimum absolute atomic E-state index is 0.131. The molecule has 2 fully saturated rings. The lowest BCUT2D eigenvalue weighted by atomic mass is 10.00. The summed E-state index contributed by atoms with van der Waals surface area (Å²) in [5.74, 6) is 0.743. The van der Waals surface area contributed by atoms with Gasteiger partial charge in [-0.15, -0.1) is 0 Å². The number of benzene rings is 1. The van der Waals surface area contributed by atoms with E-state index in [1.54, 1.807) is 18.5 Å². The highest BCUT2D eigenvalue weighted by molar-refractivity contribution is 6.35. The predicted molar refractivity (Wildman–Crippen MR) is 95.8 cm³/mol. The van der Waals surface area contributed by atoms with Crippen LogP contribution in [-0.2, 0) is 4.79 Å². The summed E-state index contributed by atoms with van der Waals surface area (Å²) in [7, 11) is 0. The highest BCUT2D eigenvalue weighted by Crippen LogP contribution is 2.62. The number of hydrogen-bond acceptors (Lipinski definition) is 4. The van der Waals surface area contributed by atoms with Gasteiger partial charge in [-0.3, -0.25) is 9.78 Å². The number of nitrogens with one attached hydrogen (secondary N) is 2. The molecular formula is C19H19ClN4O. The van der Waals surface area contributed by atoms with E-state index in [2.05, 4.69) is 35.5 Å². The van der Waals surface area contributed by atoms with Crippen LogP contribution < -0.4 is 10.6 Å². The molecule has 6 heteroatoms. The summed E-state index contributed by atoms with van der Waals surface area (Å²) in [6, 6.07) is 6.67. The van der Waals surface area contributed by atoms with Crippen molar-refractivity contribution >= 4 is 28.3 Å². The first-order valence-electron chi connectivity index (χ1n) is 8.40. The van der Waals surface area contributed by atoms with E-state index >= 15 is 0 Å². The molecule has 2 aromatic rings. The van der Waals surface area contributed by atoms with Gasteiger partial charge >= 0.3 is 0 Å². The second kappa shape index (κ2) is 5.69. The molecule has 2 heterocycles. The molecule has 2 aliphatic rings. The monoisotopic (exact) mass is 354 g/mol. The van der Waals surface area contributed by atoms with Gasteiger partial charge in [-0.25, -0.2) is 0 Å². The number of nitrogens with zero attached hydrogens (tertiary/aromatic N) is 2. The molecule has 1 amide bonds. The second-order valence-electron chi connectivity index (χ2n) is 7.48. The summed E-state index contributed by atoms with van der Waals surface area (Å²) in [5, 5.41) is 18.0. The van der Waals surface area contributed by atoms with Crippen molar-refractivity contribution in [3.63, 3.8) is 0 Å². The van der Waals surface area contributed by atoms with E-state index in [1.807, 2.05) is 12.1 Å². The lowest BCUT2D eigenvalue weighted by Crippen LogP contribution is -2.45. The van der Waals surface area contributed by atoms with Crippen LogP contribution in [0.3, 0.4) is 0 Å². The number of aromatic nitrogens is 1. The first kappa shape index (κ1) is 16.3. The molecular weight excluding hydrogens is 336 g/mol. The Balaban J connectivity index is 1.62. The van der Waals surface area contributed by atoms with E-state index in [9.17, 15) is 10.1 Å². The van der Waals surface area contributed by atoms with Crippen molar-refractivity contribution in [2.45, 2.75) is 25.9 Å². The molecule has 1 unspecified atom stereocenters. The van der Waals surface area contributed by atoms with Crippen LogP contribution in [0.2, 0.25) is 5.02 Å². The van der Waals surface area contributed by atoms with Crippen molar-refractivity contribution in [2.24, 2.45) is 17.3 Å². The lowest BCUT2D eigenvalue weighted by Gasteiger charge is -2.21. The summed E-state index contributed by atoms with van der Waals surface area (Å²) in [5.41, 5.74) is 0.822. The van der Waals surface area contributed by atoms with Crippen LogP contribution in [0.1, 0.15) is 25.5 Å². The summed E-state index contributed by atoms with van der Waals surface area (Å²) in [6.45, 7) is 5.24. The number of halogens is 1. The largest absolute Gasteiger partial charge is 0.335 e. The Hall–Kier alpha value is -2.16. The third-order valence-corrected chi connectivity index (χ3v) is 6.14. The van der Waals surface area contributed by atoms with Gasteiger partial charge in [0.25, 0.3) is 0 Å². The van der Waals surface area contributed by atoms with E-state index < -0.39 is 6.04 Å². The number of rotatable bonds is 3. The fourth-order valence-corrected chi connectivity index (χ4v) is 4.61. The van der Waals surface area contributed by atoms with Crippen molar-refractivity contribution in [3.8, 4) is 6.07 Å². The Morgan fingerprint density at radius 3 is 2.96 bits per heavy atom. The molecule has 1 aliphatic heterocycles. The van der Waals surface area contributed by atoms with E-state index in [0.717, 1.165) is 17.3 Å². The fraction of sp³-hybridized carbons (Fsp3) is 0.421. The van der Waals surface area contributed by atoms with Gasteiger partial charge in [0.15, 0.2) is 0 Å². The maximum atomic E-state index is 12.8. The van der Waals surface area contributed by atoms with E-state index in [-0.39, 0.29) is 17.4 Å². The minimum Gasteiger partial charge on any atom is -0.335 e. The number of carbonyl (C=O) groups excluding carboxylic acids is 1. The van der Waals surface area contributed by atoms with Crippen LogP contribution in [0.25, 0.3) is 10.8 Å². The van der Waals surface area contributed by atoms with Gasteiger partial charge in [0.1, 0.15) is 6.04 Å². The summed E-state index contributed by atoms with van der Waals surface area (Å²) < 4.78 is 0. The quantitative estimate of drug-likeness (QED) is 0.888. The SMILES string of the molecule is CC1(C)[C@@H]2[C@@H](C(=O)NC(C#N)c3cncc4cccc(Cl)c34)NC[C@@H]21. The van der Waals surface area contributed by atoms with E-state index in [1.165, 1.54) is 0 Å². The minimum atomic E-state index is -0.786. The molecule has 25 heavy (non-hydrogen) atoms. The van der Waals surface area contributed by atoms with E-state index in [4.69, 9.17) is 11.6 Å². The Morgan fingerprint density at radius 1 is 1.48 bits per heavy atom. The first-order chi connectivity index (χ1) is 11.9. The number of nitriles is 1. The Labute approximate surface area is 151 Å². The normalized spacial score (nSPS) is 27.4. The van der Waals surface area contributed by atoms with Gasteiger partial charge in [-0.1, -0.05) is 37.6 Å². The molecule has 4 rings (SSSR count). The average Bonchev–Trinajstić information content (AvgIpc) is 2.97. The highest BCUT2D eigenvalue weighted by Gasteiger charge is 2.65. The zero-order valence-electron chi connectivity index (χ0n) is 14.1. The number of amides is 1. The number of piperidine rings is 1. The van der Waals surface area contributed by atoms with Crippen LogP contribution >= 0.6 is 11.6 Å². The molecule has 128 valence electrons. The zero-order chi connectivity index (χ0) is 17.8. The molecule has 1 aromatic carbocycles. The molecule has 5 nitrogen and oxygen atoms in total. The molecule has 2 N–H and O–H groups in total. The molecule has 0 spiro atoms. The fourth-order valence-electron chi connectivity index (χ4n) is 4.32. The van der Waals surface area contributed by atoms with Crippen LogP contribution in [0.15, 0.2) is 30.6 Å². The number of fused-ring (bicyclic) bond motifs is 2. The van der Waals surface area contributed by atoms with Crippen LogP contribution in [0.4, 0.5) is 0 Å². The second-order valence-corrected chi connectivity index (χ2v) is 7.88. The van der Waals surface area contributed by atoms with Gasteiger partial charge in [0.05, 0.1) is 12.1 Å². The van der Waals surface area contributed by atoms with Crippen molar-refractivity contribution < 1.29 is 4.79 Å². The smallest absolute Gasteiger partial charge is 0.238 e. The highest BCUT2D eigenvalue weighted by atomic mass is 35.5. The van der Waals surface area contributed by atoms with Crippen LogP contribution in [0, 0.1) is 28.6 Å². The predicted octanol–water partition coefficient (Wildman–Crippen LogP) is 2.81. The Morgan fingerprint density at radius 2 is 2.28 bits per heavy atom. The molecule has 0 radical (unpaired) electrons. The third kappa shape index (κ3) is 2.48. The average molecular weight is 355 g/mol. The molecule has 1 saturated heterocycles. The molecule has 4 atom stereocenters. The lowest BCUT2D eigenvalue weighted by molar-refractivity contribution is -0.124. The number of pyridine rings is 1. The van der Waals surface area contributed by atoms with Crippen molar-refractivity contribution in [3.05, 3.63) is 41.2 Å². The van der Waals surface area contributed by atoms with Gasteiger partial charge in [-0.2, -0.15) is 5.26 Å². The van der Waals surface area contributed by atoms with Crippen molar-refractivity contribution in [1.29, 1.82) is 5.26 Å². The van der Waals surface area contributed by atoms with Crippen molar-refractivity contribution in [1.82, 2.24) is 15.6 Å². The van der Waals surface area contributed by atoms with Gasteiger partial charge in [-0.05, 0) is 29.9 Å². The topological polar surface area (TPSA) is 77.8 Å². The van der Waals surface area contributed by atoms with E-state index in [0.29, 0.717) is 22.4 Å².